The third-order valence-electron chi connectivity index (χ3n) is 8.23. The van der Waals surface area contributed by atoms with Gasteiger partial charge >= 0.3 is 0 Å². The van der Waals surface area contributed by atoms with Crippen LogP contribution >= 0.6 is 0 Å². The Hall–Kier alpha value is -2.74. The Kier molecular flexibility index (Phi) is 10.3. The molecule has 0 radical (unpaired) electrons. The zero-order valence-corrected chi connectivity index (χ0v) is 24.8. The van der Waals surface area contributed by atoms with Crippen LogP contribution in [0.3, 0.4) is 0 Å². The summed E-state index contributed by atoms with van der Waals surface area (Å²) in [6, 6.07) is 29.0. The van der Waals surface area contributed by atoms with Gasteiger partial charge in [0.15, 0.2) is 18.9 Å². The standard InChI is InChI=1S/C34H40O10/c1-21-26(35)29(38-18-22-12-6-3-7-13-22)27(36)33(41-21)44-31-30(39-19-23-14-8-4-9-15-23)28-25(42-34(31)37-2)20-40-32(43-28)24-16-10-5-11-17-24/h3-17,21,25-36H,18-20H2,1-2H3/t21-,25+,26-,27+,28+,29+,30-,31-,32?,33+,34-/m0/s1. The molecule has 3 aliphatic heterocycles. The van der Waals surface area contributed by atoms with Crippen LogP contribution in [-0.4, -0.2) is 85.3 Å². The van der Waals surface area contributed by atoms with E-state index in [0.717, 1.165) is 16.7 Å². The van der Waals surface area contributed by atoms with Crippen molar-refractivity contribution in [2.24, 2.45) is 0 Å². The molecule has 0 amide bonds. The van der Waals surface area contributed by atoms with Gasteiger partial charge in [-0.3, -0.25) is 0 Å². The molecule has 236 valence electrons. The summed E-state index contributed by atoms with van der Waals surface area (Å²) >= 11 is 0. The minimum absolute atomic E-state index is 0.202. The fourth-order valence-electron chi connectivity index (χ4n) is 5.84. The maximum absolute atomic E-state index is 11.4. The topological polar surface area (TPSA) is 114 Å². The molecule has 0 bridgehead atoms. The Morgan fingerprint density at radius 1 is 0.682 bits per heavy atom. The Labute approximate surface area is 257 Å². The first-order valence-electron chi connectivity index (χ1n) is 15.0. The number of methoxy groups -OCH3 is 1. The monoisotopic (exact) mass is 608 g/mol. The van der Waals surface area contributed by atoms with Gasteiger partial charge in [0.25, 0.3) is 0 Å². The molecule has 0 spiro atoms. The summed E-state index contributed by atoms with van der Waals surface area (Å²) in [7, 11) is 1.52. The van der Waals surface area contributed by atoms with Crippen molar-refractivity contribution in [1.29, 1.82) is 0 Å². The molecule has 3 heterocycles. The van der Waals surface area contributed by atoms with E-state index in [4.69, 9.17) is 37.9 Å². The van der Waals surface area contributed by atoms with E-state index in [1.165, 1.54) is 7.11 Å². The van der Waals surface area contributed by atoms with E-state index in [2.05, 4.69) is 0 Å². The quantitative estimate of drug-likeness (QED) is 0.355. The molecule has 2 N–H and O–H groups in total. The summed E-state index contributed by atoms with van der Waals surface area (Å²) in [5.41, 5.74) is 2.75. The third kappa shape index (κ3) is 7.05. The second kappa shape index (κ2) is 14.6. The molecule has 44 heavy (non-hydrogen) atoms. The van der Waals surface area contributed by atoms with E-state index in [1.54, 1.807) is 6.92 Å². The number of rotatable bonds is 10. The number of hydrogen-bond donors (Lipinski definition) is 2. The highest BCUT2D eigenvalue weighted by atomic mass is 16.8. The van der Waals surface area contributed by atoms with Gasteiger partial charge in [-0.1, -0.05) is 91.0 Å². The Morgan fingerprint density at radius 3 is 1.89 bits per heavy atom. The average molecular weight is 609 g/mol. The molecule has 11 atom stereocenters. The number of fused-ring (bicyclic) bond motifs is 1. The molecule has 0 aliphatic carbocycles. The predicted octanol–water partition coefficient (Wildman–Crippen LogP) is 3.49. The van der Waals surface area contributed by atoms with Crippen LogP contribution in [0.15, 0.2) is 91.0 Å². The van der Waals surface area contributed by atoms with Gasteiger partial charge in [-0.05, 0) is 18.1 Å². The van der Waals surface area contributed by atoms with Crippen molar-refractivity contribution >= 4 is 0 Å². The molecule has 3 aromatic carbocycles. The maximum Gasteiger partial charge on any atom is 0.187 e. The minimum Gasteiger partial charge on any atom is -0.388 e. The highest BCUT2D eigenvalue weighted by molar-refractivity contribution is 5.17. The first-order chi connectivity index (χ1) is 21.5. The lowest BCUT2D eigenvalue weighted by Gasteiger charge is -2.50. The van der Waals surface area contributed by atoms with Crippen LogP contribution in [0.5, 0.6) is 0 Å². The van der Waals surface area contributed by atoms with Crippen molar-refractivity contribution in [2.45, 2.75) is 87.8 Å². The average Bonchev–Trinajstić information content (AvgIpc) is 3.07. The molecule has 0 saturated carbocycles. The molecule has 0 aromatic heterocycles. The molecule has 10 heteroatoms. The highest BCUT2D eigenvalue weighted by Crippen LogP contribution is 2.38. The van der Waals surface area contributed by atoms with E-state index in [9.17, 15) is 10.2 Å². The molecular weight excluding hydrogens is 568 g/mol. The lowest BCUT2D eigenvalue weighted by molar-refractivity contribution is -0.395. The van der Waals surface area contributed by atoms with Gasteiger partial charge in [0, 0.05) is 12.7 Å². The Bertz CT molecular complexity index is 1280. The lowest BCUT2D eigenvalue weighted by Crippen LogP contribution is -2.66. The highest BCUT2D eigenvalue weighted by Gasteiger charge is 2.54. The van der Waals surface area contributed by atoms with Gasteiger partial charge in [0.1, 0.15) is 42.7 Å². The number of benzene rings is 3. The summed E-state index contributed by atoms with van der Waals surface area (Å²) in [6.45, 7) is 2.44. The first kappa shape index (κ1) is 31.3. The zero-order valence-electron chi connectivity index (χ0n) is 24.8. The summed E-state index contributed by atoms with van der Waals surface area (Å²) in [6.07, 6.45) is -9.41. The molecular formula is C34H40O10. The molecule has 3 fully saturated rings. The van der Waals surface area contributed by atoms with E-state index in [0.29, 0.717) is 0 Å². The van der Waals surface area contributed by atoms with E-state index in [1.807, 2.05) is 91.0 Å². The van der Waals surface area contributed by atoms with Crippen molar-refractivity contribution in [3.8, 4) is 0 Å². The zero-order chi connectivity index (χ0) is 30.5. The Morgan fingerprint density at radius 2 is 1.27 bits per heavy atom. The van der Waals surface area contributed by atoms with Crippen molar-refractivity contribution < 1.29 is 48.1 Å². The van der Waals surface area contributed by atoms with Crippen molar-refractivity contribution in [1.82, 2.24) is 0 Å². The summed E-state index contributed by atoms with van der Waals surface area (Å²) in [5, 5.41) is 22.3. The summed E-state index contributed by atoms with van der Waals surface area (Å²) in [4.78, 5) is 0. The van der Waals surface area contributed by atoms with Gasteiger partial charge in [-0.15, -0.1) is 0 Å². The van der Waals surface area contributed by atoms with Crippen LogP contribution in [0, 0.1) is 0 Å². The number of aliphatic hydroxyl groups excluding tert-OH is 2. The fraction of sp³-hybridized carbons (Fsp3) is 0.471. The number of hydrogen-bond acceptors (Lipinski definition) is 10. The van der Waals surface area contributed by atoms with Crippen molar-refractivity contribution in [3.05, 3.63) is 108 Å². The second-order valence-corrected chi connectivity index (χ2v) is 11.3. The van der Waals surface area contributed by atoms with E-state index >= 15 is 0 Å². The van der Waals surface area contributed by atoms with Crippen LogP contribution in [0.1, 0.15) is 29.9 Å². The van der Waals surface area contributed by atoms with Gasteiger partial charge in [-0.25, -0.2) is 0 Å². The van der Waals surface area contributed by atoms with E-state index < -0.39 is 67.7 Å². The molecule has 1 unspecified atom stereocenters. The maximum atomic E-state index is 11.4. The van der Waals surface area contributed by atoms with Crippen LogP contribution in [-0.2, 0) is 51.1 Å². The summed E-state index contributed by atoms with van der Waals surface area (Å²) < 4.78 is 49.6. The lowest BCUT2D eigenvalue weighted by atomic mass is 9.96. The van der Waals surface area contributed by atoms with Crippen LogP contribution in [0.25, 0.3) is 0 Å². The van der Waals surface area contributed by atoms with Crippen LogP contribution < -0.4 is 0 Å². The number of aliphatic hydroxyl groups is 2. The molecule has 10 nitrogen and oxygen atoms in total. The van der Waals surface area contributed by atoms with Gasteiger partial charge in [0.05, 0.1) is 25.9 Å². The van der Waals surface area contributed by atoms with Gasteiger partial charge in [0.2, 0.25) is 0 Å². The van der Waals surface area contributed by atoms with Crippen molar-refractivity contribution in [3.63, 3.8) is 0 Å². The van der Waals surface area contributed by atoms with E-state index in [-0.39, 0.29) is 19.8 Å². The molecule has 3 saturated heterocycles. The molecule has 6 rings (SSSR count). The van der Waals surface area contributed by atoms with Gasteiger partial charge in [-0.2, -0.15) is 0 Å². The van der Waals surface area contributed by atoms with Crippen LogP contribution in [0.2, 0.25) is 0 Å². The molecule has 3 aliphatic rings. The number of ether oxygens (including phenoxy) is 8. The summed E-state index contributed by atoms with van der Waals surface area (Å²) in [5.74, 6) is 0. The van der Waals surface area contributed by atoms with Crippen LogP contribution in [0.4, 0.5) is 0 Å². The Balaban J connectivity index is 1.24. The predicted molar refractivity (Wildman–Crippen MR) is 157 cm³/mol. The normalized spacial score (nSPS) is 35.6. The first-order valence-corrected chi connectivity index (χ1v) is 15.0. The smallest absolute Gasteiger partial charge is 0.187 e. The van der Waals surface area contributed by atoms with Gasteiger partial charge < -0.3 is 48.1 Å². The second-order valence-electron chi connectivity index (χ2n) is 11.3. The minimum atomic E-state index is -1.32. The largest absolute Gasteiger partial charge is 0.388 e. The van der Waals surface area contributed by atoms with Crippen molar-refractivity contribution in [2.75, 3.05) is 13.7 Å². The third-order valence-corrected chi connectivity index (χ3v) is 8.23. The fourth-order valence-corrected chi connectivity index (χ4v) is 5.84. The SMILES string of the molecule is CO[C@H]1O[C@@H]2COC(c3ccccc3)O[C@H]2[C@H](OCc2ccccc2)[C@@H]1O[C@H]1O[C@@H](C)[C@H](O)[C@@H](OCc2ccccc2)[C@H]1O. The molecule has 3 aromatic rings.